The van der Waals surface area contributed by atoms with Gasteiger partial charge in [0.1, 0.15) is 17.2 Å². The zero-order chi connectivity index (χ0) is 22.5. The van der Waals surface area contributed by atoms with Crippen molar-refractivity contribution in [3.63, 3.8) is 0 Å². The van der Waals surface area contributed by atoms with Gasteiger partial charge in [0.05, 0.1) is 18.3 Å². The van der Waals surface area contributed by atoms with Gasteiger partial charge in [-0.2, -0.15) is 0 Å². The fourth-order valence-electron chi connectivity index (χ4n) is 2.87. The Morgan fingerprint density at radius 3 is 2.50 bits per heavy atom. The van der Waals surface area contributed by atoms with Gasteiger partial charge in [-0.3, -0.25) is 9.59 Å². The zero-order valence-corrected chi connectivity index (χ0v) is 18.1. The molecule has 0 unspecified atom stereocenters. The second-order valence-electron chi connectivity index (χ2n) is 7.90. The van der Waals surface area contributed by atoms with Crippen molar-refractivity contribution >= 4 is 40.9 Å². The Balaban J connectivity index is 2.02. The Morgan fingerprint density at radius 1 is 1.23 bits per heavy atom. The van der Waals surface area contributed by atoms with Gasteiger partial charge >= 0.3 is 6.09 Å². The molecule has 0 spiro atoms. The molecule has 164 valence electrons. The molecule has 3 amide bonds. The maximum Gasteiger partial charge on any atom is 0.408 e. The number of aromatic nitrogens is 1. The van der Waals surface area contributed by atoms with Gasteiger partial charge in [-0.15, -0.1) is 0 Å². The van der Waals surface area contributed by atoms with Crippen LogP contribution in [0.1, 0.15) is 34.1 Å². The van der Waals surface area contributed by atoms with Crippen LogP contribution in [-0.4, -0.2) is 63.6 Å². The van der Waals surface area contributed by atoms with Gasteiger partial charge in [0.15, 0.2) is 4.99 Å². The number of alkyl carbamates (subject to hydrolysis) is 1. The third-order valence-electron chi connectivity index (χ3n) is 4.25. The number of carbonyl (C=O) groups excluding carboxylic acids is 3. The molecule has 1 aromatic heterocycles. The largest absolute Gasteiger partial charge is 0.444 e. The summed E-state index contributed by atoms with van der Waals surface area (Å²) in [4.78, 5) is 41.6. The van der Waals surface area contributed by atoms with Gasteiger partial charge in [0, 0.05) is 20.0 Å². The Hall–Kier alpha value is -2.82. The van der Waals surface area contributed by atoms with E-state index < -0.39 is 35.5 Å². The van der Waals surface area contributed by atoms with Gasteiger partial charge in [0.2, 0.25) is 5.91 Å². The number of thiocarbonyl (C=S) groups is 1. The highest BCUT2D eigenvalue weighted by Gasteiger charge is 2.33. The average Bonchev–Trinajstić information content (AvgIpc) is 2.63. The second kappa shape index (κ2) is 9.79. The minimum Gasteiger partial charge on any atom is -0.444 e. The van der Waals surface area contributed by atoms with Gasteiger partial charge in [-0.1, -0.05) is 12.2 Å². The van der Waals surface area contributed by atoms with Crippen LogP contribution in [0.3, 0.4) is 0 Å². The molecular weight excluding hydrogens is 413 g/mol. The molecule has 1 aliphatic heterocycles. The van der Waals surface area contributed by atoms with Gasteiger partial charge in [0.25, 0.3) is 5.91 Å². The van der Waals surface area contributed by atoms with Crippen LogP contribution in [-0.2, 0) is 14.3 Å². The molecule has 11 heteroatoms. The fourth-order valence-corrected chi connectivity index (χ4v) is 3.08. The monoisotopic (exact) mass is 439 g/mol. The van der Waals surface area contributed by atoms with Crippen molar-refractivity contribution < 1.29 is 23.5 Å². The Labute approximate surface area is 179 Å². The summed E-state index contributed by atoms with van der Waals surface area (Å²) in [5.41, 5.74) is -0.681. The SMILES string of the molecule is CC(=O)N1CC[C@H](NC(=S)C(=O)Nc2ccc(F)cn2)[C@H](NC(=O)OC(C)(C)C)C1. The summed E-state index contributed by atoms with van der Waals surface area (Å²) in [6.07, 6.45) is 0.808. The van der Waals surface area contributed by atoms with Gasteiger partial charge in [-0.25, -0.2) is 14.2 Å². The first-order chi connectivity index (χ1) is 13.9. The van der Waals surface area contributed by atoms with E-state index in [1.165, 1.54) is 13.0 Å². The smallest absolute Gasteiger partial charge is 0.408 e. The van der Waals surface area contributed by atoms with Crippen LogP contribution in [0.5, 0.6) is 0 Å². The number of nitrogens with zero attached hydrogens (tertiary/aromatic N) is 2. The van der Waals surface area contributed by atoms with Crippen LogP contribution < -0.4 is 16.0 Å². The molecule has 1 aliphatic rings. The highest BCUT2D eigenvalue weighted by atomic mass is 32.1. The van der Waals surface area contributed by atoms with Crippen molar-refractivity contribution in [2.75, 3.05) is 18.4 Å². The van der Waals surface area contributed by atoms with Crippen LogP contribution in [0.15, 0.2) is 18.3 Å². The van der Waals surface area contributed by atoms with Crippen LogP contribution in [0.25, 0.3) is 0 Å². The lowest BCUT2D eigenvalue weighted by Crippen LogP contribution is -2.62. The number of carbonyl (C=O) groups is 3. The van der Waals surface area contributed by atoms with Crippen molar-refractivity contribution in [3.8, 4) is 0 Å². The predicted octanol–water partition coefficient (Wildman–Crippen LogP) is 1.59. The average molecular weight is 440 g/mol. The molecule has 1 aromatic rings. The van der Waals surface area contributed by atoms with E-state index >= 15 is 0 Å². The summed E-state index contributed by atoms with van der Waals surface area (Å²) >= 11 is 5.17. The molecule has 2 heterocycles. The topological polar surface area (TPSA) is 113 Å². The molecule has 0 radical (unpaired) electrons. The van der Waals surface area contributed by atoms with E-state index in [1.54, 1.807) is 25.7 Å². The number of ether oxygens (including phenoxy) is 1. The lowest BCUT2D eigenvalue weighted by atomic mass is 9.99. The van der Waals surface area contributed by atoms with Crippen molar-refractivity contribution in [2.45, 2.75) is 51.8 Å². The fraction of sp³-hybridized carbons (Fsp3) is 0.526. The molecule has 1 fully saturated rings. The summed E-state index contributed by atoms with van der Waals surface area (Å²) in [6.45, 7) is 7.38. The standard InChI is InChI=1S/C19H26FN5O4S/c1-11(26)25-8-7-13(14(10-25)23-18(28)29-19(2,3)4)22-17(30)16(27)24-15-6-5-12(20)9-21-15/h5-6,9,13-14H,7-8,10H2,1-4H3,(H,22,30)(H,23,28)(H,21,24,27)/t13-,14+/m0/s1. The van der Waals surface area contributed by atoms with Crippen LogP contribution in [0.2, 0.25) is 0 Å². The minimum absolute atomic E-state index is 0.113. The number of anilines is 1. The number of halogens is 1. The van der Waals surface area contributed by atoms with Crippen molar-refractivity contribution in [1.29, 1.82) is 0 Å². The lowest BCUT2D eigenvalue weighted by Gasteiger charge is -2.39. The number of hydrogen-bond donors (Lipinski definition) is 3. The minimum atomic E-state index is -0.681. The van der Waals surface area contributed by atoms with E-state index in [9.17, 15) is 18.8 Å². The van der Waals surface area contributed by atoms with Gasteiger partial charge in [-0.05, 0) is 39.3 Å². The quantitative estimate of drug-likeness (QED) is 0.613. The summed E-state index contributed by atoms with van der Waals surface area (Å²) in [6, 6.07) is 1.56. The van der Waals surface area contributed by atoms with E-state index in [1.807, 2.05) is 0 Å². The van der Waals surface area contributed by atoms with E-state index in [-0.39, 0.29) is 23.3 Å². The number of hydrogen-bond acceptors (Lipinski definition) is 6. The first kappa shape index (κ1) is 23.5. The molecule has 0 bridgehead atoms. The normalized spacial score (nSPS) is 18.9. The summed E-state index contributed by atoms with van der Waals surface area (Å²) in [7, 11) is 0. The third kappa shape index (κ3) is 7.21. The number of amides is 3. The molecule has 1 saturated heterocycles. The molecule has 3 N–H and O–H groups in total. The Morgan fingerprint density at radius 2 is 1.93 bits per heavy atom. The number of rotatable bonds is 3. The van der Waals surface area contributed by atoms with Crippen molar-refractivity contribution in [3.05, 3.63) is 24.1 Å². The molecular formula is C19H26FN5O4S. The van der Waals surface area contributed by atoms with Gasteiger partial charge < -0.3 is 25.6 Å². The molecule has 0 aromatic carbocycles. The third-order valence-corrected chi connectivity index (χ3v) is 4.56. The second-order valence-corrected chi connectivity index (χ2v) is 8.31. The molecule has 30 heavy (non-hydrogen) atoms. The highest BCUT2D eigenvalue weighted by Crippen LogP contribution is 2.14. The first-order valence-electron chi connectivity index (χ1n) is 9.43. The van der Waals surface area contributed by atoms with E-state index in [2.05, 4.69) is 20.9 Å². The number of nitrogens with one attached hydrogen (secondary N) is 3. The summed E-state index contributed by atoms with van der Waals surface area (Å²) in [5.74, 6) is -1.11. The number of likely N-dealkylation sites (tertiary alicyclic amines) is 1. The maximum absolute atomic E-state index is 12.9. The zero-order valence-electron chi connectivity index (χ0n) is 17.3. The van der Waals surface area contributed by atoms with E-state index in [0.29, 0.717) is 13.0 Å². The summed E-state index contributed by atoms with van der Waals surface area (Å²) < 4.78 is 18.2. The predicted molar refractivity (Wildman–Crippen MR) is 112 cm³/mol. The molecule has 0 aliphatic carbocycles. The van der Waals surface area contributed by atoms with E-state index in [4.69, 9.17) is 17.0 Å². The van der Waals surface area contributed by atoms with Crippen LogP contribution >= 0.6 is 12.2 Å². The summed E-state index contributed by atoms with van der Waals surface area (Å²) in [5, 5.41) is 8.16. The molecule has 9 nitrogen and oxygen atoms in total. The molecule has 0 saturated carbocycles. The highest BCUT2D eigenvalue weighted by molar-refractivity contribution is 7.82. The van der Waals surface area contributed by atoms with E-state index in [0.717, 1.165) is 12.3 Å². The van der Waals surface area contributed by atoms with Crippen LogP contribution in [0, 0.1) is 5.82 Å². The number of piperidine rings is 1. The molecule has 2 atom stereocenters. The Kier molecular flexibility index (Phi) is 7.65. The first-order valence-corrected chi connectivity index (χ1v) is 9.84. The molecule has 2 rings (SSSR count). The lowest BCUT2D eigenvalue weighted by molar-refractivity contribution is -0.130. The Bertz CT molecular complexity index is 812. The van der Waals surface area contributed by atoms with Crippen LogP contribution in [0.4, 0.5) is 15.0 Å². The number of pyridine rings is 1. The van der Waals surface area contributed by atoms with Crippen molar-refractivity contribution in [2.24, 2.45) is 0 Å². The maximum atomic E-state index is 12.9. The van der Waals surface area contributed by atoms with Crippen molar-refractivity contribution in [1.82, 2.24) is 20.5 Å².